The molecule has 9 rings (SSSR count). The van der Waals surface area contributed by atoms with E-state index < -0.39 is 5.41 Å². The van der Waals surface area contributed by atoms with Gasteiger partial charge >= 0.3 is 0 Å². The van der Waals surface area contributed by atoms with Crippen molar-refractivity contribution in [1.82, 2.24) is 10.2 Å². The summed E-state index contributed by atoms with van der Waals surface area (Å²) in [7, 11) is 0. The van der Waals surface area contributed by atoms with Gasteiger partial charge in [0.2, 0.25) is 0 Å². The highest BCUT2D eigenvalue weighted by Crippen LogP contribution is 2.62. The lowest BCUT2D eigenvalue weighted by atomic mass is 9.66. The summed E-state index contributed by atoms with van der Waals surface area (Å²) in [5.41, 5.74) is 11.3. The van der Waals surface area contributed by atoms with E-state index >= 15 is 0 Å². The van der Waals surface area contributed by atoms with Crippen LogP contribution in [0.3, 0.4) is 0 Å². The Balaban J connectivity index is 1.10. The number of thioether (sulfide) groups is 1. The number of aromatic nitrogens is 2. The Bertz CT molecular complexity index is 2020. The number of hydrogen-bond donors (Lipinski definition) is 0. The number of rotatable bonds is 3. The van der Waals surface area contributed by atoms with E-state index in [4.69, 9.17) is 4.74 Å². The molecule has 1 aromatic heterocycles. The first-order valence-corrected chi connectivity index (χ1v) is 15.6. The minimum atomic E-state index is -0.425. The van der Waals surface area contributed by atoms with Crippen LogP contribution in [0.2, 0.25) is 0 Å². The quantitative estimate of drug-likeness (QED) is 0.212. The topological polar surface area (TPSA) is 35.0 Å². The van der Waals surface area contributed by atoms with Crippen LogP contribution in [-0.2, 0) is 5.41 Å². The van der Waals surface area contributed by atoms with E-state index in [1.165, 1.54) is 43.8 Å². The average molecular weight is 571 g/mol. The molecule has 1 spiro atoms. The smallest absolute Gasteiger partial charge is 0.132 e. The maximum atomic E-state index is 6.70. The molecule has 5 aromatic carbocycles. The number of hydrogen-bond acceptors (Lipinski definition) is 4. The van der Waals surface area contributed by atoms with Gasteiger partial charge in [-0.2, -0.15) is 10.2 Å². The molecule has 0 N–H and O–H groups in total. The van der Waals surface area contributed by atoms with Crippen LogP contribution >= 0.6 is 11.8 Å². The molecule has 43 heavy (non-hydrogen) atoms. The fourth-order valence-corrected chi connectivity index (χ4v) is 8.32. The van der Waals surface area contributed by atoms with Crippen LogP contribution in [-0.4, -0.2) is 10.2 Å². The Labute approximate surface area is 254 Å². The van der Waals surface area contributed by atoms with Crippen molar-refractivity contribution in [2.45, 2.75) is 17.1 Å². The number of ether oxygens (including phenoxy) is 1. The standard InChI is InChI=1S/C39H26N2OS/c1-2-10-25(11-3-1)33-20-21-34(41-40-33)38-23-22-37(43-38)26-18-19-32-36(24-26)42-35-17-9-8-16-31(35)39(32)29-14-6-4-12-27(29)28-13-5-7-15-30(28)39/h1-22,24,38H,23H2. The summed E-state index contributed by atoms with van der Waals surface area (Å²) in [6.45, 7) is 0. The highest BCUT2D eigenvalue weighted by molar-refractivity contribution is 8.08. The zero-order valence-corrected chi connectivity index (χ0v) is 24.1. The molecule has 2 aliphatic heterocycles. The second-order valence-electron chi connectivity index (χ2n) is 11.3. The fraction of sp³-hybridized carbons (Fsp3) is 0.0769. The van der Waals surface area contributed by atoms with Crippen molar-refractivity contribution in [3.8, 4) is 33.9 Å². The van der Waals surface area contributed by atoms with Crippen molar-refractivity contribution in [3.05, 3.63) is 173 Å². The molecule has 1 atom stereocenters. The van der Waals surface area contributed by atoms with Crippen molar-refractivity contribution in [3.63, 3.8) is 0 Å². The van der Waals surface area contributed by atoms with E-state index in [0.717, 1.165) is 34.9 Å². The molecular formula is C39H26N2OS. The van der Waals surface area contributed by atoms with E-state index in [1.807, 2.05) is 30.0 Å². The predicted octanol–water partition coefficient (Wildman–Crippen LogP) is 9.83. The molecule has 0 saturated carbocycles. The zero-order valence-electron chi connectivity index (χ0n) is 23.3. The normalized spacial score (nSPS) is 16.9. The molecule has 3 aliphatic rings. The van der Waals surface area contributed by atoms with Gasteiger partial charge in [0, 0.05) is 21.6 Å². The third-order valence-electron chi connectivity index (χ3n) is 9.00. The van der Waals surface area contributed by atoms with Crippen molar-refractivity contribution in [2.24, 2.45) is 0 Å². The Morgan fingerprint density at radius 1 is 0.581 bits per heavy atom. The van der Waals surface area contributed by atoms with E-state index in [9.17, 15) is 0 Å². The first-order valence-electron chi connectivity index (χ1n) is 14.7. The highest BCUT2D eigenvalue weighted by atomic mass is 32.2. The Morgan fingerprint density at radius 3 is 2.00 bits per heavy atom. The summed E-state index contributed by atoms with van der Waals surface area (Å²) in [4.78, 5) is 1.26. The van der Waals surface area contributed by atoms with E-state index in [0.29, 0.717) is 0 Å². The highest BCUT2D eigenvalue weighted by Gasteiger charge is 2.50. The minimum absolute atomic E-state index is 0.241. The van der Waals surface area contributed by atoms with Gasteiger partial charge in [-0.1, -0.05) is 115 Å². The molecule has 0 saturated heterocycles. The summed E-state index contributed by atoms with van der Waals surface area (Å²) in [5.74, 6) is 1.83. The molecule has 3 heterocycles. The summed E-state index contributed by atoms with van der Waals surface area (Å²) < 4.78 is 6.70. The maximum Gasteiger partial charge on any atom is 0.132 e. The molecule has 6 aromatic rings. The van der Waals surface area contributed by atoms with Gasteiger partial charge in [0.1, 0.15) is 11.5 Å². The molecule has 1 unspecified atom stereocenters. The number of nitrogens with zero attached hydrogens (tertiary/aromatic N) is 2. The number of fused-ring (bicyclic) bond motifs is 9. The Kier molecular flexibility index (Phi) is 5.47. The molecule has 0 fully saturated rings. The van der Waals surface area contributed by atoms with Crippen molar-refractivity contribution < 1.29 is 4.74 Å². The van der Waals surface area contributed by atoms with E-state index in [1.54, 1.807) is 0 Å². The average Bonchev–Trinajstić information content (AvgIpc) is 3.68. The molecule has 4 heteroatoms. The van der Waals surface area contributed by atoms with E-state index in [2.05, 4.69) is 132 Å². The van der Waals surface area contributed by atoms with Gasteiger partial charge < -0.3 is 4.74 Å². The largest absolute Gasteiger partial charge is 0.457 e. The number of benzene rings is 5. The first kappa shape index (κ1) is 24.6. The van der Waals surface area contributed by atoms with Crippen LogP contribution in [0.15, 0.2) is 140 Å². The predicted molar refractivity (Wildman–Crippen MR) is 174 cm³/mol. The number of allylic oxidation sites excluding steroid dienone is 1. The number of para-hydroxylation sites is 1. The van der Waals surface area contributed by atoms with Crippen molar-refractivity contribution >= 4 is 16.7 Å². The van der Waals surface area contributed by atoms with Crippen molar-refractivity contribution in [2.75, 3.05) is 0 Å². The maximum absolute atomic E-state index is 6.70. The summed E-state index contributed by atoms with van der Waals surface area (Å²) in [6.07, 6.45) is 3.25. The lowest BCUT2D eigenvalue weighted by molar-refractivity contribution is 0.436. The summed E-state index contributed by atoms with van der Waals surface area (Å²) in [6, 6.07) is 47.4. The Morgan fingerprint density at radius 2 is 1.26 bits per heavy atom. The fourth-order valence-electron chi connectivity index (χ4n) is 7.12. The van der Waals surface area contributed by atoms with Crippen LogP contribution in [0.4, 0.5) is 0 Å². The minimum Gasteiger partial charge on any atom is -0.457 e. The van der Waals surface area contributed by atoms with Crippen LogP contribution in [0.25, 0.3) is 27.3 Å². The summed E-state index contributed by atoms with van der Waals surface area (Å²) >= 11 is 1.86. The second-order valence-corrected chi connectivity index (χ2v) is 12.5. The van der Waals surface area contributed by atoms with Gasteiger partial charge in [-0.25, -0.2) is 0 Å². The zero-order chi connectivity index (χ0) is 28.4. The molecule has 1 aliphatic carbocycles. The summed E-state index contributed by atoms with van der Waals surface area (Å²) in [5, 5.41) is 9.40. The second kappa shape index (κ2) is 9.55. The van der Waals surface area contributed by atoms with Crippen LogP contribution in [0.1, 0.15) is 45.2 Å². The van der Waals surface area contributed by atoms with Crippen LogP contribution in [0.5, 0.6) is 11.5 Å². The Hall–Kier alpha value is -4.93. The molecule has 0 radical (unpaired) electrons. The van der Waals surface area contributed by atoms with Crippen LogP contribution in [0, 0.1) is 0 Å². The third-order valence-corrected chi connectivity index (χ3v) is 10.4. The molecule has 0 amide bonds. The first-order chi connectivity index (χ1) is 21.3. The van der Waals surface area contributed by atoms with Gasteiger partial charge in [0.15, 0.2) is 0 Å². The molecule has 0 bridgehead atoms. The molecule has 204 valence electrons. The van der Waals surface area contributed by atoms with Crippen molar-refractivity contribution in [1.29, 1.82) is 0 Å². The lowest BCUT2D eigenvalue weighted by Gasteiger charge is -2.39. The van der Waals surface area contributed by atoms with E-state index in [-0.39, 0.29) is 5.25 Å². The van der Waals surface area contributed by atoms with Gasteiger partial charge in [-0.05, 0) is 58.5 Å². The molecule has 3 nitrogen and oxygen atoms in total. The van der Waals surface area contributed by atoms with Gasteiger partial charge in [0.25, 0.3) is 0 Å². The van der Waals surface area contributed by atoms with Gasteiger partial charge in [0.05, 0.1) is 22.1 Å². The van der Waals surface area contributed by atoms with Gasteiger partial charge in [-0.15, -0.1) is 11.8 Å². The van der Waals surface area contributed by atoms with Gasteiger partial charge in [-0.3, -0.25) is 0 Å². The monoisotopic (exact) mass is 570 g/mol. The third kappa shape index (κ3) is 3.63. The lowest BCUT2D eigenvalue weighted by Crippen LogP contribution is -2.32. The van der Waals surface area contributed by atoms with Crippen LogP contribution < -0.4 is 4.74 Å². The molecular weight excluding hydrogens is 545 g/mol. The SMILES string of the molecule is C1=C(c2ccc3c(c2)Oc2ccccc2C32c3ccccc3-c3ccccc32)SC(c2ccc(-c3ccccc3)nn2)C1.